The molecule has 0 aliphatic heterocycles. The minimum atomic E-state index is 0.614. The Morgan fingerprint density at radius 3 is 0.868 bits per heavy atom. The van der Waals surface area contributed by atoms with Gasteiger partial charge in [0.15, 0.2) is 11.6 Å². The normalized spacial score (nSPS) is 11.8. The predicted molar refractivity (Wildman–Crippen MR) is 594 cm³/mol. The Labute approximate surface area is 831 Å². The first-order chi connectivity index (χ1) is 71.3. The number of hydrogen-bond donors (Lipinski definition) is 0. The maximum Gasteiger partial charge on any atom is 0.164 e. The molecule has 0 atom stereocenters. The number of fused-ring (bicyclic) bond motifs is 24. The highest BCUT2D eigenvalue weighted by Gasteiger charge is 2.26. The largest absolute Gasteiger partial charge is 0.455 e. The highest BCUT2D eigenvalue weighted by molar-refractivity contribution is 7.26. The maximum absolute atomic E-state index is 6.43. The third kappa shape index (κ3) is 14.5. The number of furan rings is 4. The molecule has 0 bridgehead atoms. The molecule has 0 fully saturated rings. The number of aromatic nitrogens is 8. The van der Waals surface area contributed by atoms with Crippen LogP contribution in [-0.2, 0) is 0 Å². The molecule has 0 saturated carbocycles. The summed E-state index contributed by atoms with van der Waals surface area (Å²) in [6.45, 7) is 0. The molecule has 0 unspecified atom stereocenters. The van der Waals surface area contributed by atoms with Crippen LogP contribution in [0.15, 0.2) is 479 Å². The quantitative estimate of drug-likeness (QED) is 0.114. The van der Waals surface area contributed by atoms with Crippen molar-refractivity contribution in [3.8, 4) is 135 Å². The molecule has 0 aliphatic rings. The van der Waals surface area contributed by atoms with Gasteiger partial charge < -0.3 is 17.7 Å². The fourth-order valence-electron chi connectivity index (χ4n) is 20.6. The summed E-state index contributed by atoms with van der Waals surface area (Å²) in [5.74, 6) is 1.33. The summed E-state index contributed by atoms with van der Waals surface area (Å²) in [5, 5.41) is 16.5. The number of hydrogen-bond acceptors (Lipinski definition) is 14. The van der Waals surface area contributed by atoms with E-state index in [9.17, 15) is 0 Å². The monoisotopic (exact) mass is 1880 g/mol. The van der Waals surface area contributed by atoms with Crippen molar-refractivity contribution in [2.24, 2.45) is 0 Å². The summed E-state index contributed by atoms with van der Waals surface area (Å²) in [7, 11) is 0. The molecule has 0 spiro atoms. The van der Waals surface area contributed by atoms with Gasteiger partial charge in [-0.2, -0.15) is 0 Å². The van der Waals surface area contributed by atoms with Crippen LogP contribution in [0, 0.1) is 0 Å². The Morgan fingerprint density at radius 1 is 0.160 bits per heavy atom. The summed E-state index contributed by atoms with van der Waals surface area (Å²) < 4.78 is 30.7. The molecular weight excluding hydrogens is 1800 g/mol. The Kier molecular flexibility index (Phi) is 20.0. The molecule has 12 aromatic heterocycles. The van der Waals surface area contributed by atoms with E-state index in [0.29, 0.717) is 5.82 Å². The van der Waals surface area contributed by atoms with Gasteiger partial charge in [-0.05, 0) is 120 Å². The Bertz CT molecular complexity index is 9430. The van der Waals surface area contributed by atoms with Gasteiger partial charge in [0.1, 0.15) is 44.7 Å². The predicted octanol–water partition coefficient (Wildman–Crippen LogP) is 36.0. The lowest BCUT2D eigenvalue weighted by Gasteiger charge is -2.12. The Morgan fingerprint density at radius 2 is 0.444 bits per heavy atom. The van der Waals surface area contributed by atoms with Gasteiger partial charge in [-0.15, -0.1) is 22.7 Å². The van der Waals surface area contributed by atoms with Crippen molar-refractivity contribution >= 4 is 183 Å². The summed E-state index contributed by atoms with van der Waals surface area (Å²) in [6, 6.07) is 159. The standard InChI is InChI=1S/C44H26N2OS.C43H25N3O2.C43H25N3OS/c1-2-11-28(12-3-1)37-25-30(26-38(45-37)34-17-10-16-32-31-13-6-9-20-40(31)48-44(32)34)27-21-23-29(24-22-27)42-41-35-15-5-8-19-39(35)47-43(41)33-14-4-7-18-36(33)46-42;1-2-11-26(12-3-1)35-25-36(46-43(45-35)33-17-10-16-30-29-13-5-8-19-37(29)47-41(30)33)27-21-23-28(24-22-27)40-39-32-15-6-9-20-38(32)48-42(39)31-14-4-7-18-34(31)44-40;1-2-11-26(12-3-1)35-25-36(46-43(45-35)33-17-10-16-30-29-13-6-9-20-38(29)48-42(30)33)27-21-23-28(24-22-27)40-39-32-15-5-8-19-37(32)47-41(39)31-14-4-7-18-34(31)44-40/h1-26H;2*1-25H. The van der Waals surface area contributed by atoms with Crippen LogP contribution >= 0.6 is 22.7 Å². The lowest BCUT2D eigenvalue weighted by molar-refractivity contribution is 0.669. The number of thiophene rings is 2. The number of nitrogens with zero attached hydrogens (tertiary/aromatic N) is 8. The zero-order chi connectivity index (χ0) is 94.8. The smallest absolute Gasteiger partial charge is 0.164 e. The first kappa shape index (κ1) is 83.3. The van der Waals surface area contributed by atoms with E-state index < -0.39 is 0 Å². The number of pyridine rings is 4. The molecule has 18 aromatic carbocycles. The summed E-state index contributed by atoms with van der Waals surface area (Å²) in [4.78, 5) is 41.3. The van der Waals surface area contributed by atoms with E-state index in [2.05, 4.69) is 309 Å². The summed E-state index contributed by atoms with van der Waals surface area (Å²) in [6.07, 6.45) is 0. The van der Waals surface area contributed by atoms with Crippen LogP contribution in [0.1, 0.15) is 0 Å². The van der Waals surface area contributed by atoms with Gasteiger partial charge >= 0.3 is 0 Å². The minimum Gasteiger partial charge on any atom is -0.455 e. The first-order valence-electron chi connectivity index (χ1n) is 48.0. The van der Waals surface area contributed by atoms with Gasteiger partial charge in [-0.1, -0.05) is 352 Å². The first-order valence-corrected chi connectivity index (χ1v) is 49.6. The van der Waals surface area contributed by atoms with Crippen molar-refractivity contribution in [2.75, 3.05) is 0 Å². The van der Waals surface area contributed by atoms with Crippen LogP contribution in [0.3, 0.4) is 0 Å². The average molecular weight is 1880 g/mol. The van der Waals surface area contributed by atoms with E-state index in [4.69, 9.17) is 57.5 Å². The van der Waals surface area contributed by atoms with Crippen molar-refractivity contribution in [2.45, 2.75) is 0 Å². The van der Waals surface area contributed by atoms with E-state index in [-0.39, 0.29) is 0 Å². The lowest BCUT2D eigenvalue weighted by Crippen LogP contribution is -1.96. The van der Waals surface area contributed by atoms with Gasteiger partial charge in [0, 0.05) is 139 Å². The minimum absolute atomic E-state index is 0.614. The SMILES string of the molecule is c1ccc(-c2cc(-c3ccc(-c4nc5ccccc5c5oc6ccccc6c45)cc3)cc(-c3cccc4c3sc3ccccc34)n2)cc1.c1ccc(-c2cc(-c3ccc(-c4nc5ccccc5c5oc6ccccc6c45)cc3)nc(-c3cccc4c3oc3ccccc34)n2)cc1.c1ccc(-c2cc(-c3ccc(-c4nc5ccccc5c5oc6ccccc6c45)cc3)nc(-c3cccc4c3sc3ccccc34)n2)cc1. The zero-order valence-electron chi connectivity index (χ0n) is 76.9. The molecule has 144 heavy (non-hydrogen) atoms. The van der Waals surface area contributed by atoms with Gasteiger partial charge in [0.2, 0.25) is 0 Å². The van der Waals surface area contributed by atoms with Gasteiger partial charge in [-0.25, -0.2) is 39.9 Å². The fourth-order valence-corrected chi connectivity index (χ4v) is 23.0. The number of para-hydroxylation sites is 8. The molecule has 12 heterocycles. The second-order valence-electron chi connectivity index (χ2n) is 36.1. The fraction of sp³-hybridized carbons (Fsp3) is 0. The van der Waals surface area contributed by atoms with Crippen LogP contribution in [0.4, 0.5) is 0 Å². The molecule has 0 radical (unpaired) electrons. The average Bonchev–Trinajstić information content (AvgIpc) is 1.59. The van der Waals surface area contributed by atoms with E-state index in [1.165, 1.54) is 40.3 Å². The van der Waals surface area contributed by atoms with E-state index in [1.54, 1.807) is 11.3 Å². The van der Waals surface area contributed by atoms with E-state index in [0.717, 1.165) is 250 Å². The molecule has 672 valence electrons. The lowest BCUT2D eigenvalue weighted by atomic mass is 9.97. The van der Waals surface area contributed by atoms with Crippen LogP contribution in [0.5, 0.6) is 0 Å². The molecule has 12 nitrogen and oxygen atoms in total. The van der Waals surface area contributed by atoms with Crippen molar-refractivity contribution < 1.29 is 17.7 Å². The highest BCUT2D eigenvalue weighted by Crippen LogP contribution is 2.49. The summed E-state index contributed by atoms with van der Waals surface area (Å²) >= 11 is 3.63. The van der Waals surface area contributed by atoms with Crippen molar-refractivity contribution in [1.29, 1.82) is 0 Å². The van der Waals surface area contributed by atoms with Crippen LogP contribution in [0.2, 0.25) is 0 Å². The van der Waals surface area contributed by atoms with Crippen LogP contribution in [-0.4, -0.2) is 39.9 Å². The molecule has 0 amide bonds. The third-order valence-electron chi connectivity index (χ3n) is 27.5. The molecule has 0 N–H and O–H groups in total. The van der Waals surface area contributed by atoms with Crippen LogP contribution < -0.4 is 0 Å². The van der Waals surface area contributed by atoms with E-state index in [1.807, 2.05) is 163 Å². The van der Waals surface area contributed by atoms with Gasteiger partial charge in [-0.3, -0.25) is 0 Å². The second kappa shape index (κ2) is 34.6. The molecule has 14 heteroatoms. The molecule has 0 saturated heterocycles. The molecule has 30 aromatic rings. The molecule has 0 aliphatic carbocycles. The zero-order valence-corrected chi connectivity index (χ0v) is 78.5. The Hall–Kier alpha value is -18.9. The van der Waals surface area contributed by atoms with Crippen LogP contribution in [0.25, 0.3) is 296 Å². The van der Waals surface area contributed by atoms with E-state index >= 15 is 0 Å². The van der Waals surface area contributed by atoms with Crippen molar-refractivity contribution in [3.63, 3.8) is 0 Å². The maximum atomic E-state index is 6.43. The third-order valence-corrected chi connectivity index (χ3v) is 29.9. The van der Waals surface area contributed by atoms with Crippen molar-refractivity contribution in [1.82, 2.24) is 39.9 Å². The highest BCUT2D eigenvalue weighted by atomic mass is 32.1. The summed E-state index contributed by atoms with van der Waals surface area (Å²) in [5.41, 5.74) is 31.1. The Balaban J connectivity index is 0.000000105. The number of benzene rings is 18. The van der Waals surface area contributed by atoms with Crippen molar-refractivity contribution in [3.05, 3.63) is 461 Å². The molecular formula is C130H76N8O4S2. The number of rotatable bonds is 12. The molecule has 30 rings (SSSR count). The van der Waals surface area contributed by atoms with Gasteiger partial charge in [0.25, 0.3) is 0 Å². The van der Waals surface area contributed by atoms with Gasteiger partial charge in [0.05, 0.1) is 89.5 Å². The topological polar surface area (TPSA) is 156 Å². The second-order valence-corrected chi connectivity index (χ2v) is 38.2.